The van der Waals surface area contributed by atoms with Gasteiger partial charge in [0.1, 0.15) is 11.4 Å². The molecule has 0 unspecified atom stereocenters. The fraction of sp³-hybridized carbons (Fsp3) is 0.0417. The molecule has 0 saturated heterocycles. The zero-order chi connectivity index (χ0) is 20.8. The Kier molecular flexibility index (Phi) is 5.66. The van der Waals surface area contributed by atoms with Crippen molar-refractivity contribution in [3.05, 3.63) is 90.1 Å². The maximum atomic E-state index is 12.3. The lowest BCUT2D eigenvalue weighted by atomic mass is 10.1. The predicted molar refractivity (Wildman–Crippen MR) is 120 cm³/mol. The molecule has 6 nitrogen and oxygen atoms in total. The van der Waals surface area contributed by atoms with Gasteiger partial charge >= 0.3 is 0 Å². The Labute approximate surface area is 173 Å². The van der Waals surface area contributed by atoms with Crippen molar-refractivity contribution in [3.63, 3.8) is 0 Å². The molecule has 6 heteroatoms. The summed E-state index contributed by atoms with van der Waals surface area (Å²) < 4.78 is 5.28. The van der Waals surface area contributed by atoms with Gasteiger partial charge in [-0.25, -0.2) is 5.43 Å². The number of ether oxygens (including phenoxy) is 1. The molecule has 30 heavy (non-hydrogen) atoms. The largest absolute Gasteiger partial charge is 0.496 e. The second-order valence-corrected chi connectivity index (χ2v) is 6.55. The number of nitrogens with zero attached hydrogens (tertiary/aromatic N) is 2. The molecular weight excluding hydrogens is 376 g/mol. The minimum atomic E-state index is -0.364. The third kappa shape index (κ3) is 4.28. The number of nitrogens with one attached hydrogen (secondary N) is 2. The normalized spacial score (nSPS) is 11.4. The number of rotatable bonds is 6. The van der Waals surface area contributed by atoms with E-state index in [-0.39, 0.29) is 5.91 Å². The van der Waals surface area contributed by atoms with Crippen LogP contribution in [0.2, 0.25) is 0 Å². The van der Waals surface area contributed by atoms with Gasteiger partial charge in [-0.3, -0.25) is 9.89 Å². The van der Waals surface area contributed by atoms with Gasteiger partial charge in [0, 0.05) is 17.3 Å². The SMILES string of the molecule is COc1ccccc1C=CC=NNC(=O)c1cc(-c2ccc3ccccc3c2)n[nH]1. The summed E-state index contributed by atoms with van der Waals surface area (Å²) in [6.07, 6.45) is 5.08. The van der Waals surface area contributed by atoms with Gasteiger partial charge in [0.25, 0.3) is 5.91 Å². The van der Waals surface area contributed by atoms with Crippen molar-refractivity contribution in [2.24, 2.45) is 5.10 Å². The lowest BCUT2D eigenvalue weighted by Gasteiger charge is -2.02. The van der Waals surface area contributed by atoms with Crippen molar-refractivity contribution >= 4 is 29.0 Å². The number of benzene rings is 3. The number of hydrazone groups is 1. The Hall–Kier alpha value is -4.19. The average molecular weight is 396 g/mol. The number of allylic oxidation sites excluding steroid dienone is 1. The maximum Gasteiger partial charge on any atom is 0.289 e. The summed E-state index contributed by atoms with van der Waals surface area (Å²) in [7, 11) is 1.62. The van der Waals surface area contributed by atoms with Crippen molar-refractivity contribution < 1.29 is 9.53 Å². The predicted octanol–water partition coefficient (Wildman–Crippen LogP) is 4.67. The number of aromatic nitrogens is 2. The monoisotopic (exact) mass is 396 g/mol. The molecule has 0 fully saturated rings. The van der Waals surface area contributed by atoms with Crippen LogP contribution in [-0.2, 0) is 0 Å². The first-order valence-corrected chi connectivity index (χ1v) is 9.42. The Morgan fingerprint density at radius 1 is 1.03 bits per heavy atom. The number of para-hydroxylation sites is 1. The van der Waals surface area contributed by atoms with Crippen LogP contribution in [0.4, 0.5) is 0 Å². The lowest BCUT2D eigenvalue weighted by Crippen LogP contribution is -2.17. The molecule has 2 N–H and O–H groups in total. The van der Waals surface area contributed by atoms with E-state index in [0.717, 1.165) is 27.6 Å². The summed E-state index contributed by atoms with van der Waals surface area (Å²) in [5.74, 6) is 0.404. The van der Waals surface area contributed by atoms with Crippen LogP contribution in [0.25, 0.3) is 28.1 Å². The summed E-state index contributed by atoms with van der Waals surface area (Å²) in [6.45, 7) is 0. The summed E-state index contributed by atoms with van der Waals surface area (Å²) in [4.78, 5) is 12.3. The van der Waals surface area contributed by atoms with E-state index in [1.807, 2.05) is 66.7 Å². The zero-order valence-corrected chi connectivity index (χ0v) is 16.4. The highest BCUT2D eigenvalue weighted by atomic mass is 16.5. The van der Waals surface area contributed by atoms with Crippen molar-refractivity contribution in [1.29, 1.82) is 0 Å². The van der Waals surface area contributed by atoms with Crippen LogP contribution in [0, 0.1) is 0 Å². The number of carbonyl (C=O) groups is 1. The lowest BCUT2D eigenvalue weighted by molar-refractivity contribution is 0.0950. The number of fused-ring (bicyclic) bond motifs is 1. The topological polar surface area (TPSA) is 79.4 Å². The minimum absolute atomic E-state index is 0.337. The van der Waals surface area contributed by atoms with E-state index in [1.165, 1.54) is 6.21 Å². The van der Waals surface area contributed by atoms with E-state index in [9.17, 15) is 4.79 Å². The molecule has 1 amide bonds. The first-order chi connectivity index (χ1) is 14.7. The van der Waals surface area contributed by atoms with Crippen LogP contribution >= 0.6 is 0 Å². The van der Waals surface area contributed by atoms with Gasteiger partial charge in [-0.05, 0) is 41.1 Å². The molecule has 148 valence electrons. The zero-order valence-electron chi connectivity index (χ0n) is 16.4. The van der Waals surface area contributed by atoms with E-state index in [1.54, 1.807) is 19.3 Å². The van der Waals surface area contributed by atoms with Crippen molar-refractivity contribution in [2.75, 3.05) is 7.11 Å². The summed E-state index contributed by atoms with van der Waals surface area (Å²) >= 11 is 0. The third-order valence-corrected chi connectivity index (χ3v) is 4.61. The fourth-order valence-electron chi connectivity index (χ4n) is 3.08. The highest BCUT2D eigenvalue weighted by Gasteiger charge is 2.10. The molecule has 0 aliphatic rings. The molecule has 0 radical (unpaired) electrons. The number of hydrogen-bond donors (Lipinski definition) is 2. The average Bonchev–Trinajstić information content (AvgIpc) is 3.29. The van der Waals surface area contributed by atoms with Crippen LogP contribution in [0.15, 0.2) is 84.0 Å². The van der Waals surface area contributed by atoms with E-state index in [0.29, 0.717) is 11.4 Å². The second-order valence-electron chi connectivity index (χ2n) is 6.55. The van der Waals surface area contributed by atoms with E-state index in [4.69, 9.17) is 4.74 Å². The molecule has 4 aromatic rings. The smallest absolute Gasteiger partial charge is 0.289 e. The van der Waals surface area contributed by atoms with Gasteiger partial charge in [-0.15, -0.1) is 0 Å². The van der Waals surface area contributed by atoms with Crippen molar-refractivity contribution in [1.82, 2.24) is 15.6 Å². The standard InChI is InChI=1S/C24H20N4O2/c1-30-23-11-5-4-8-18(23)10-6-14-25-28-24(29)22-16-21(26-27-22)20-13-12-17-7-2-3-9-19(17)15-20/h2-16H,1H3,(H,26,27)(H,28,29). The molecule has 0 aliphatic heterocycles. The summed E-state index contributed by atoms with van der Waals surface area (Å²) in [5, 5.41) is 13.2. The third-order valence-electron chi connectivity index (χ3n) is 4.61. The fourth-order valence-corrected chi connectivity index (χ4v) is 3.08. The summed E-state index contributed by atoms with van der Waals surface area (Å²) in [5.41, 5.74) is 5.38. The number of aromatic amines is 1. The number of hydrogen-bond acceptors (Lipinski definition) is 4. The molecule has 0 aliphatic carbocycles. The van der Waals surface area contributed by atoms with Gasteiger partial charge in [0.2, 0.25) is 0 Å². The molecule has 1 heterocycles. The second kappa shape index (κ2) is 8.87. The van der Waals surface area contributed by atoms with Crippen LogP contribution < -0.4 is 10.2 Å². The first-order valence-electron chi connectivity index (χ1n) is 9.42. The van der Waals surface area contributed by atoms with Crippen LogP contribution in [0.3, 0.4) is 0 Å². The van der Waals surface area contributed by atoms with Crippen LogP contribution in [0.1, 0.15) is 16.1 Å². The number of methoxy groups -OCH3 is 1. The van der Waals surface area contributed by atoms with Crippen molar-refractivity contribution in [2.45, 2.75) is 0 Å². The Morgan fingerprint density at radius 2 is 1.83 bits per heavy atom. The van der Waals surface area contributed by atoms with E-state index < -0.39 is 0 Å². The molecule has 1 aromatic heterocycles. The highest BCUT2D eigenvalue weighted by Crippen LogP contribution is 2.23. The summed E-state index contributed by atoms with van der Waals surface area (Å²) in [6, 6.07) is 23.5. The molecule has 0 spiro atoms. The number of amides is 1. The van der Waals surface area contributed by atoms with Gasteiger partial charge < -0.3 is 4.74 Å². The van der Waals surface area contributed by atoms with Crippen molar-refractivity contribution in [3.8, 4) is 17.0 Å². The number of carbonyl (C=O) groups excluding carboxylic acids is 1. The molecular formula is C24H20N4O2. The molecule has 4 rings (SSSR count). The number of H-pyrrole nitrogens is 1. The van der Waals surface area contributed by atoms with E-state index >= 15 is 0 Å². The minimum Gasteiger partial charge on any atom is -0.496 e. The van der Waals surface area contributed by atoms with Gasteiger partial charge in [0.05, 0.1) is 12.8 Å². The maximum absolute atomic E-state index is 12.3. The quantitative estimate of drug-likeness (QED) is 0.367. The van der Waals surface area contributed by atoms with Gasteiger partial charge in [-0.2, -0.15) is 10.2 Å². The van der Waals surface area contributed by atoms with Crippen LogP contribution in [0.5, 0.6) is 5.75 Å². The van der Waals surface area contributed by atoms with Gasteiger partial charge in [-0.1, -0.05) is 54.6 Å². The molecule has 0 saturated carbocycles. The molecule has 3 aromatic carbocycles. The first kappa shape index (κ1) is 19.1. The molecule has 0 bridgehead atoms. The van der Waals surface area contributed by atoms with Crippen LogP contribution in [-0.4, -0.2) is 29.4 Å². The Bertz CT molecular complexity index is 1240. The Balaban J connectivity index is 1.40. The molecule has 0 atom stereocenters. The Morgan fingerprint density at radius 3 is 2.70 bits per heavy atom. The highest BCUT2D eigenvalue weighted by molar-refractivity contribution is 5.94. The van der Waals surface area contributed by atoms with Gasteiger partial charge in [0.15, 0.2) is 0 Å². The van der Waals surface area contributed by atoms with E-state index in [2.05, 4.69) is 26.8 Å².